The summed E-state index contributed by atoms with van der Waals surface area (Å²) < 4.78 is 38.4. The average molecular weight is 1110 g/mol. The fraction of sp³-hybridized carbons (Fsp3) is 0.671. The van der Waals surface area contributed by atoms with Crippen LogP contribution >= 0.6 is 0 Å². The summed E-state index contributed by atoms with van der Waals surface area (Å²) in [7, 11) is 0. The number of benzene rings is 4. The molecule has 0 fully saturated rings. The predicted octanol–water partition coefficient (Wildman–Crippen LogP) is 21.0. The number of rotatable bonds is 46. The third-order valence-corrected chi connectivity index (χ3v) is 16.5. The van der Waals surface area contributed by atoms with Gasteiger partial charge in [-0.3, -0.25) is 0 Å². The Bertz CT molecular complexity index is 2040. The lowest BCUT2D eigenvalue weighted by Gasteiger charge is -2.19. The summed E-state index contributed by atoms with van der Waals surface area (Å²) >= 11 is 0. The minimum Gasteiger partial charge on any atom is -0.494 e. The molecule has 80 heavy (non-hydrogen) atoms. The number of ether oxygens (including phenoxy) is 6. The molecule has 6 atom stereocenters. The standard InChI is InChI=1S/C73H116O7/c1-55(2)19-13-22-58(7)25-16-28-61(10)43-46-75-68-37-31-64(32-38-68)52-78-71-49-67(51-74)50-72(79-53-65-33-39-69(40-34-65)76-47-44-62(11)29-17-26-59(8)23-14-20-56(3)4)73(71)80-54-66-35-41-70(42-36-66)77-48-45-63(12)30-18-27-60(9)24-15-21-57(5)6/h31-42,49-50,55-63,74H,13-30,43-48,51-54H2,1-12H3. The van der Waals surface area contributed by atoms with Crippen LogP contribution in [0.25, 0.3) is 0 Å². The maximum absolute atomic E-state index is 10.5. The van der Waals surface area contributed by atoms with Crippen LogP contribution in [0.3, 0.4) is 0 Å². The van der Waals surface area contributed by atoms with Crippen molar-refractivity contribution in [1.82, 2.24) is 0 Å². The van der Waals surface area contributed by atoms with Gasteiger partial charge >= 0.3 is 0 Å². The minimum atomic E-state index is -0.171. The molecule has 0 amide bonds. The Morgan fingerprint density at radius 2 is 0.537 bits per heavy atom. The fourth-order valence-corrected chi connectivity index (χ4v) is 10.7. The highest BCUT2D eigenvalue weighted by Crippen LogP contribution is 2.41. The van der Waals surface area contributed by atoms with Crippen LogP contribution < -0.4 is 28.4 Å². The predicted molar refractivity (Wildman–Crippen MR) is 338 cm³/mol. The first-order valence-electron chi connectivity index (χ1n) is 32.4. The van der Waals surface area contributed by atoms with Crippen LogP contribution in [0.2, 0.25) is 0 Å². The van der Waals surface area contributed by atoms with Gasteiger partial charge in [-0.1, -0.05) is 235 Å². The molecule has 0 aliphatic carbocycles. The lowest BCUT2D eigenvalue weighted by atomic mass is 9.93. The molecule has 0 radical (unpaired) electrons. The molecule has 0 aliphatic heterocycles. The van der Waals surface area contributed by atoms with E-state index in [1.165, 1.54) is 116 Å². The Morgan fingerprint density at radius 3 is 0.800 bits per heavy atom. The van der Waals surface area contributed by atoms with E-state index in [-0.39, 0.29) is 6.61 Å². The Morgan fingerprint density at radius 1 is 0.287 bits per heavy atom. The molecular formula is C73H116O7. The molecule has 7 nitrogen and oxygen atoms in total. The van der Waals surface area contributed by atoms with Gasteiger partial charge in [0, 0.05) is 0 Å². The van der Waals surface area contributed by atoms with E-state index in [4.69, 9.17) is 28.4 Å². The zero-order valence-electron chi connectivity index (χ0n) is 53.0. The zero-order chi connectivity index (χ0) is 57.9. The summed E-state index contributed by atoms with van der Waals surface area (Å²) in [5.41, 5.74) is 3.67. The van der Waals surface area contributed by atoms with Crippen LogP contribution in [0.15, 0.2) is 84.9 Å². The summed E-state index contributed by atoms with van der Waals surface area (Å²) in [5, 5.41) is 10.5. The summed E-state index contributed by atoms with van der Waals surface area (Å²) in [5.74, 6) is 10.9. The molecule has 0 aromatic heterocycles. The highest BCUT2D eigenvalue weighted by Gasteiger charge is 2.18. The van der Waals surface area contributed by atoms with Gasteiger partial charge in [-0.2, -0.15) is 0 Å². The second-order valence-corrected chi connectivity index (χ2v) is 26.2. The highest BCUT2D eigenvalue weighted by molar-refractivity contribution is 5.54. The minimum absolute atomic E-state index is 0.171. The van der Waals surface area contributed by atoms with E-state index in [1.807, 2.05) is 48.5 Å². The molecule has 4 rings (SSSR count). The first kappa shape index (κ1) is 68.1. The van der Waals surface area contributed by atoms with Crippen molar-refractivity contribution in [3.8, 4) is 34.5 Å². The maximum Gasteiger partial charge on any atom is 0.203 e. The van der Waals surface area contributed by atoms with Crippen LogP contribution in [-0.4, -0.2) is 24.9 Å². The third kappa shape index (κ3) is 30.6. The lowest BCUT2D eigenvalue weighted by Crippen LogP contribution is -2.06. The molecule has 4 aromatic carbocycles. The Labute approximate surface area is 490 Å². The van der Waals surface area contributed by atoms with E-state index in [1.54, 1.807) is 0 Å². The monoisotopic (exact) mass is 1100 g/mol. The Balaban J connectivity index is 1.33. The van der Waals surface area contributed by atoms with Crippen molar-refractivity contribution in [1.29, 1.82) is 0 Å². The molecular weight excluding hydrogens is 989 g/mol. The molecule has 0 saturated heterocycles. The van der Waals surface area contributed by atoms with Crippen LogP contribution in [0.5, 0.6) is 34.5 Å². The van der Waals surface area contributed by atoms with Gasteiger partial charge in [0.2, 0.25) is 5.75 Å². The molecule has 0 saturated carbocycles. The number of hydrogen-bond acceptors (Lipinski definition) is 7. The highest BCUT2D eigenvalue weighted by atomic mass is 16.5. The van der Waals surface area contributed by atoms with E-state index in [2.05, 4.69) is 119 Å². The fourth-order valence-electron chi connectivity index (χ4n) is 10.7. The molecule has 450 valence electrons. The van der Waals surface area contributed by atoms with E-state index >= 15 is 0 Å². The number of aliphatic hydroxyl groups is 1. The van der Waals surface area contributed by atoms with E-state index in [0.29, 0.717) is 80.2 Å². The smallest absolute Gasteiger partial charge is 0.203 e. The van der Waals surface area contributed by atoms with Crippen molar-refractivity contribution < 1.29 is 33.5 Å². The zero-order valence-corrected chi connectivity index (χ0v) is 53.0. The molecule has 4 aromatic rings. The van der Waals surface area contributed by atoms with Crippen molar-refractivity contribution in [2.24, 2.45) is 53.3 Å². The summed E-state index contributed by atoms with van der Waals surface area (Å²) in [6.45, 7) is 31.1. The van der Waals surface area contributed by atoms with Crippen molar-refractivity contribution in [2.45, 2.75) is 244 Å². The quantitative estimate of drug-likeness (QED) is 0.0472. The van der Waals surface area contributed by atoms with E-state index < -0.39 is 0 Å². The molecule has 1 N–H and O–H groups in total. The molecule has 7 heteroatoms. The number of hydrogen-bond donors (Lipinski definition) is 1. The van der Waals surface area contributed by atoms with Crippen LogP contribution in [0, 0.1) is 53.3 Å². The van der Waals surface area contributed by atoms with Gasteiger partial charge in [0.1, 0.15) is 37.1 Å². The average Bonchev–Trinajstić information content (AvgIpc) is 3.42. The van der Waals surface area contributed by atoms with Gasteiger partial charge in [-0.25, -0.2) is 0 Å². The molecule has 6 unspecified atom stereocenters. The van der Waals surface area contributed by atoms with E-state index in [9.17, 15) is 5.11 Å². The second kappa shape index (κ2) is 40.0. The first-order chi connectivity index (χ1) is 38.5. The number of aliphatic hydroxyl groups excluding tert-OH is 1. The van der Waals surface area contributed by atoms with Gasteiger partial charge in [0.05, 0.1) is 26.4 Å². The first-order valence-corrected chi connectivity index (χ1v) is 32.4. The van der Waals surface area contributed by atoms with Gasteiger partial charge < -0.3 is 33.5 Å². The summed E-state index contributed by atoms with van der Waals surface area (Å²) in [4.78, 5) is 0. The summed E-state index contributed by atoms with van der Waals surface area (Å²) in [6, 6.07) is 28.2. The molecule has 0 spiro atoms. The van der Waals surface area contributed by atoms with Crippen molar-refractivity contribution in [2.75, 3.05) is 19.8 Å². The Kier molecular flexibility index (Phi) is 34.0. The maximum atomic E-state index is 10.5. The second-order valence-electron chi connectivity index (χ2n) is 26.2. The van der Waals surface area contributed by atoms with Gasteiger partial charge in [-0.05, 0) is 143 Å². The van der Waals surface area contributed by atoms with Crippen LogP contribution in [0.1, 0.15) is 240 Å². The van der Waals surface area contributed by atoms with Crippen molar-refractivity contribution in [3.63, 3.8) is 0 Å². The van der Waals surface area contributed by atoms with Gasteiger partial charge in [0.15, 0.2) is 11.5 Å². The molecule has 0 aliphatic rings. The summed E-state index contributed by atoms with van der Waals surface area (Å²) in [6.07, 6.45) is 26.9. The van der Waals surface area contributed by atoms with Crippen LogP contribution in [0.4, 0.5) is 0 Å². The molecule has 0 bridgehead atoms. The van der Waals surface area contributed by atoms with Crippen molar-refractivity contribution >= 4 is 0 Å². The van der Waals surface area contributed by atoms with Gasteiger partial charge in [0.25, 0.3) is 0 Å². The SMILES string of the molecule is CC(C)CCCC(C)CCCC(C)CCOc1ccc(COc2cc(CO)cc(OCc3ccc(OCCC(C)CCCC(C)CCCC(C)C)cc3)c2OCc2ccc(OCCC(C)CCCC(C)CCCC(C)C)cc2)cc1. The largest absolute Gasteiger partial charge is 0.494 e. The third-order valence-electron chi connectivity index (χ3n) is 16.5. The van der Waals surface area contributed by atoms with E-state index in [0.717, 1.165) is 88.7 Å². The Hall–Kier alpha value is -4.36. The van der Waals surface area contributed by atoms with Crippen molar-refractivity contribution in [3.05, 3.63) is 107 Å². The topological polar surface area (TPSA) is 75.6 Å². The van der Waals surface area contributed by atoms with Crippen LogP contribution in [-0.2, 0) is 26.4 Å². The molecule has 0 heterocycles. The lowest BCUT2D eigenvalue weighted by molar-refractivity contribution is 0.226. The van der Waals surface area contributed by atoms with Gasteiger partial charge in [-0.15, -0.1) is 0 Å². The normalized spacial score (nSPS) is 14.0.